The molecule has 2 atom stereocenters. The number of amides is 3. The minimum absolute atomic E-state index is 0.0660. The van der Waals surface area contributed by atoms with E-state index < -0.39 is 12.1 Å². The lowest BCUT2D eigenvalue weighted by atomic mass is 9.94. The molecule has 0 bridgehead atoms. The molecule has 3 N–H and O–H groups in total. The number of benzene rings is 2. The second kappa shape index (κ2) is 17.8. The minimum Gasteiger partial charge on any atom is -0.443 e. The molecule has 2 aromatic rings. The van der Waals surface area contributed by atoms with Crippen molar-refractivity contribution >= 4 is 17.9 Å². The molecule has 9 nitrogen and oxygen atoms in total. The Hall–Kier alpha value is -3.43. The Bertz CT molecular complexity index is 1170. The monoisotopic (exact) mass is 605 g/mol. The Morgan fingerprint density at radius 3 is 2.30 bits per heavy atom. The van der Waals surface area contributed by atoms with E-state index >= 15 is 0 Å². The Morgan fingerprint density at radius 2 is 1.61 bits per heavy atom. The summed E-state index contributed by atoms with van der Waals surface area (Å²) in [4.78, 5) is 44.1. The van der Waals surface area contributed by atoms with Crippen LogP contribution in [0.2, 0.25) is 0 Å². The number of carbonyl (C=O) groups excluding carboxylic acids is 3. The number of hydrogen-bond acceptors (Lipinski definition) is 6. The lowest BCUT2D eigenvalue weighted by molar-refractivity contribution is 0.0381. The fraction of sp³-hybridized carbons (Fsp3) is 0.571. The Balaban J connectivity index is 1.57. The van der Waals surface area contributed by atoms with Crippen LogP contribution in [-0.2, 0) is 11.2 Å². The summed E-state index contributed by atoms with van der Waals surface area (Å²) in [5, 5.41) is 10.2. The average Bonchev–Trinajstić information content (AvgIpc) is 3.07. The van der Waals surface area contributed by atoms with Gasteiger partial charge in [0.15, 0.2) is 0 Å². The average molecular weight is 606 g/mol. The molecule has 0 aromatic heterocycles. The molecule has 1 aliphatic carbocycles. The summed E-state index contributed by atoms with van der Waals surface area (Å²) >= 11 is 0. The van der Waals surface area contributed by atoms with Crippen LogP contribution in [-0.4, -0.2) is 91.7 Å². The molecule has 1 heterocycles. The van der Waals surface area contributed by atoms with Crippen molar-refractivity contribution in [2.24, 2.45) is 0 Å². The predicted octanol–water partition coefficient (Wildman–Crippen LogP) is 4.62. The quantitative estimate of drug-likeness (QED) is 0.291. The third-order valence-corrected chi connectivity index (χ3v) is 8.55. The molecule has 44 heavy (non-hydrogen) atoms. The number of carbonyl (C=O) groups is 3. The summed E-state index contributed by atoms with van der Waals surface area (Å²) in [6, 6.07) is 16.8. The Kier molecular flexibility index (Phi) is 13.5. The van der Waals surface area contributed by atoms with E-state index in [0.29, 0.717) is 56.3 Å². The predicted molar refractivity (Wildman–Crippen MR) is 174 cm³/mol. The van der Waals surface area contributed by atoms with E-state index in [0.717, 1.165) is 44.3 Å². The molecule has 240 valence electrons. The molecule has 0 spiro atoms. The van der Waals surface area contributed by atoms with E-state index in [1.54, 1.807) is 29.2 Å². The van der Waals surface area contributed by atoms with E-state index in [1.807, 2.05) is 35.2 Å². The minimum atomic E-state index is -0.585. The SMILES string of the molecule is CCCN(CCC)C(=O)c1cccc(C(=O)NC(Cc2ccccc2)C(CNC2CCCCC2)OC(=O)N2CCNCC2)c1. The van der Waals surface area contributed by atoms with Crippen LogP contribution >= 0.6 is 0 Å². The maximum absolute atomic E-state index is 13.8. The fourth-order valence-electron chi connectivity index (χ4n) is 6.13. The molecule has 1 aliphatic heterocycles. The van der Waals surface area contributed by atoms with Crippen LogP contribution in [0.1, 0.15) is 85.1 Å². The van der Waals surface area contributed by atoms with Crippen LogP contribution in [0.5, 0.6) is 0 Å². The molecule has 9 heteroatoms. The van der Waals surface area contributed by atoms with Crippen molar-refractivity contribution in [1.82, 2.24) is 25.8 Å². The second-order valence-electron chi connectivity index (χ2n) is 12.0. The summed E-state index contributed by atoms with van der Waals surface area (Å²) in [6.07, 6.45) is 7.13. The number of piperazine rings is 1. The summed E-state index contributed by atoms with van der Waals surface area (Å²) in [7, 11) is 0. The van der Waals surface area contributed by atoms with Crippen LogP contribution in [0, 0.1) is 0 Å². The zero-order valence-corrected chi connectivity index (χ0v) is 26.6. The molecule has 0 radical (unpaired) electrons. The molecule has 4 rings (SSSR count). The maximum Gasteiger partial charge on any atom is 0.410 e. The van der Waals surface area contributed by atoms with Crippen molar-refractivity contribution in [3.63, 3.8) is 0 Å². The summed E-state index contributed by atoms with van der Waals surface area (Å²) in [5.41, 5.74) is 1.95. The van der Waals surface area contributed by atoms with Crippen molar-refractivity contribution < 1.29 is 19.1 Å². The number of nitrogens with one attached hydrogen (secondary N) is 3. The standard InChI is InChI=1S/C35H51N5O4/c1-3-20-39(21-4-2)34(42)29-15-11-14-28(25-29)33(41)38-31(24-27-12-7-5-8-13-27)32(26-37-30-16-9-6-10-17-30)44-35(43)40-22-18-36-19-23-40/h5,7-8,11-15,25,30-32,36-37H,3-4,6,9-10,16-24,26H2,1-2H3,(H,38,41). The smallest absolute Gasteiger partial charge is 0.410 e. The van der Waals surface area contributed by atoms with E-state index in [2.05, 4.69) is 29.8 Å². The van der Waals surface area contributed by atoms with Gasteiger partial charge in [0.05, 0.1) is 6.04 Å². The Morgan fingerprint density at radius 1 is 0.932 bits per heavy atom. The molecule has 1 saturated heterocycles. The number of nitrogens with zero attached hydrogens (tertiary/aromatic N) is 2. The van der Waals surface area contributed by atoms with Gasteiger partial charge in [0.1, 0.15) is 6.10 Å². The number of hydrogen-bond donors (Lipinski definition) is 3. The van der Waals surface area contributed by atoms with Gasteiger partial charge in [-0.15, -0.1) is 0 Å². The van der Waals surface area contributed by atoms with Crippen molar-refractivity contribution in [3.05, 3.63) is 71.3 Å². The second-order valence-corrected chi connectivity index (χ2v) is 12.0. The van der Waals surface area contributed by atoms with E-state index in [4.69, 9.17) is 4.74 Å². The third kappa shape index (κ3) is 10.1. The summed E-state index contributed by atoms with van der Waals surface area (Å²) in [6.45, 7) is 8.55. The lowest BCUT2D eigenvalue weighted by Crippen LogP contribution is -2.54. The summed E-state index contributed by atoms with van der Waals surface area (Å²) < 4.78 is 6.22. The summed E-state index contributed by atoms with van der Waals surface area (Å²) in [5.74, 6) is -0.359. The zero-order chi connectivity index (χ0) is 31.1. The topological polar surface area (TPSA) is 103 Å². The molecule has 2 aliphatic rings. The molecular weight excluding hydrogens is 554 g/mol. The van der Waals surface area contributed by atoms with Crippen molar-refractivity contribution in [2.75, 3.05) is 45.8 Å². The van der Waals surface area contributed by atoms with Crippen LogP contribution in [0.4, 0.5) is 4.79 Å². The van der Waals surface area contributed by atoms with Gasteiger partial charge in [-0.2, -0.15) is 0 Å². The van der Waals surface area contributed by atoms with Crippen molar-refractivity contribution in [1.29, 1.82) is 0 Å². The first-order valence-electron chi connectivity index (χ1n) is 16.6. The highest BCUT2D eigenvalue weighted by Crippen LogP contribution is 2.19. The van der Waals surface area contributed by atoms with Gasteiger partial charge in [-0.05, 0) is 55.9 Å². The van der Waals surface area contributed by atoms with Crippen molar-refractivity contribution in [2.45, 2.75) is 83.4 Å². The normalized spacial score (nSPS) is 17.0. The highest BCUT2D eigenvalue weighted by molar-refractivity contribution is 5.99. The first kappa shape index (κ1) is 33.5. The highest BCUT2D eigenvalue weighted by atomic mass is 16.6. The number of rotatable bonds is 14. The molecular formula is C35H51N5O4. The first-order chi connectivity index (χ1) is 21.5. The third-order valence-electron chi connectivity index (χ3n) is 8.55. The van der Waals surface area contributed by atoms with E-state index in [9.17, 15) is 14.4 Å². The molecule has 2 unspecified atom stereocenters. The van der Waals surface area contributed by atoms with Gasteiger partial charge in [0.25, 0.3) is 11.8 Å². The largest absolute Gasteiger partial charge is 0.443 e. The van der Waals surface area contributed by atoms with E-state index in [-0.39, 0.29) is 17.9 Å². The molecule has 2 aromatic carbocycles. The fourth-order valence-corrected chi connectivity index (χ4v) is 6.13. The van der Waals surface area contributed by atoms with Gasteiger partial charge in [-0.3, -0.25) is 9.59 Å². The van der Waals surface area contributed by atoms with Crippen LogP contribution in [0.15, 0.2) is 54.6 Å². The van der Waals surface area contributed by atoms with Gasteiger partial charge >= 0.3 is 6.09 Å². The van der Waals surface area contributed by atoms with Crippen LogP contribution < -0.4 is 16.0 Å². The number of ether oxygens (including phenoxy) is 1. The van der Waals surface area contributed by atoms with Gasteiger partial charge in [-0.25, -0.2) is 4.79 Å². The first-order valence-corrected chi connectivity index (χ1v) is 16.6. The van der Waals surface area contributed by atoms with E-state index in [1.165, 1.54) is 19.3 Å². The zero-order valence-electron chi connectivity index (χ0n) is 26.6. The maximum atomic E-state index is 13.8. The van der Waals surface area contributed by atoms with Gasteiger partial charge in [0, 0.05) is 63.0 Å². The van der Waals surface area contributed by atoms with Gasteiger partial charge < -0.3 is 30.5 Å². The van der Waals surface area contributed by atoms with Crippen LogP contribution in [0.25, 0.3) is 0 Å². The van der Waals surface area contributed by atoms with Crippen molar-refractivity contribution in [3.8, 4) is 0 Å². The Labute approximate surface area is 263 Å². The van der Waals surface area contributed by atoms with Gasteiger partial charge in [-0.1, -0.05) is 69.5 Å². The van der Waals surface area contributed by atoms with Crippen LogP contribution in [0.3, 0.4) is 0 Å². The van der Waals surface area contributed by atoms with Gasteiger partial charge in [0.2, 0.25) is 0 Å². The molecule has 1 saturated carbocycles. The molecule has 3 amide bonds. The lowest BCUT2D eigenvalue weighted by Gasteiger charge is -2.34. The highest BCUT2D eigenvalue weighted by Gasteiger charge is 2.31. The molecule has 2 fully saturated rings.